The smallest absolute Gasteiger partial charge is 0.204 e. The van der Waals surface area contributed by atoms with Gasteiger partial charge in [-0.1, -0.05) is 13.3 Å². The molecule has 4 nitrogen and oxygen atoms in total. The molecule has 0 bridgehead atoms. The fourth-order valence-electron chi connectivity index (χ4n) is 2.03. The molecule has 1 aromatic rings. The summed E-state index contributed by atoms with van der Waals surface area (Å²) in [5.74, 6) is 0.962. The maximum absolute atomic E-state index is 4.50. The van der Waals surface area contributed by atoms with Crippen LogP contribution in [0.3, 0.4) is 0 Å². The van der Waals surface area contributed by atoms with Gasteiger partial charge in [-0.2, -0.15) is 4.37 Å². The van der Waals surface area contributed by atoms with Crippen LogP contribution < -0.4 is 10.2 Å². The summed E-state index contributed by atoms with van der Waals surface area (Å²) < 4.78 is 4.32. The number of rotatable bonds is 4. The van der Waals surface area contributed by atoms with Crippen LogP contribution in [0.5, 0.6) is 0 Å². The first kappa shape index (κ1) is 11.8. The Labute approximate surface area is 101 Å². The number of piperidine rings is 1. The van der Waals surface area contributed by atoms with Crippen molar-refractivity contribution in [2.75, 3.05) is 25.0 Å². The lowest BCUT2D eigenvalue weighted by atomic mass is 10.1. The van der Waals surface area contributed by atoms with Crippen molar-refractivity contribution in [1.82, 2.24) is 14.7 Å². The Morgan fingerprint density at radius 2 is 2.38 bits per heavy atom. The van der Waals surface area contributed by atoms with Gasteiger partial charge in [-0.15, -0.1) is 0 Å². The predicted octanol–water partition coefficient (Wildman–Crippen LogP) is 1.68. The molecule has 1 aromatic heterocycles. The first-order valence-corrected chi connectivity index (χ1v) is 6.84. The lowest BCUT2D eigenvalue weighted by molar-refractivity contribution is 0.403. The number of aryl methyl sites for hydroxylation is 1. The third-order valence-electron chi connectivity index (χ3n) is 3.01. The van der Waals surface area contributed by atoms with Gasteiger partial charge in [0.25, 0.3) is 0 Å². The van der Waals surface area contributed by atoms with E-state index in [-0.39, 0.29) is 0 Å². The number of hydrogen-bond donors (Lipinski definition) is 1. The van der Waals surface area contributed by atoms with Gasteiger partial charge in [-0.25, -0.2) is 4.98 Å². The van der Waals surface area contributed by atoms with Crippen LogP contribution in [0, 0.1) is 0 Å². The highest BCUT2D eigenvalue weighted by atomic mass is 32.1. The second kappa shape index (κ2) is 5.59. The molecule has 2 rings (SSSR count). The summed E-state index contributed by atoms with van der Waals surface area (Å²) in [5.41, 5.74) is 0. The molecule has 2 heterocycles. The molecule has 0 aromatic carbocycles. The number of nitrogens with one attached hydrogen (secondary N) is 1. The lowest BCUT2D eigenvalue weighted by Gasteiger charge is -2.27. The van der Waals surface area contributed by atoms with E-state index in [0.717, 1.165) is 30.5 Å². The Balaban J connectivity index is 1.88. The third kappa shape index (κ3) is 2.92. The topological polar surface area (TPSA) is 41.1 Å². The van der Waals surface area contributed by atoms with E-state index in [1.54, 1.807) is 0 Å². The van der Waals surface area contributed by atoms with E-state index in [9.17, 15) is 0 Å². The third-order valence-corrected chi connectivity index (χ3v) is 3.88. The lowest BCUT2D eigenvalue weighted by Crippen LogP contribution is -2.42. The molecule has 0 saturated carbocycles. The molecular formula is C11H20N4S. The van der Waals surface area contributed by atoms with E-state index in [1.165, 1.54) is 30.8 Å². The van der Waals surface area contributed by atoms with Crippen molar-refractivity contribution in [2.45, 2.75) is 38.6 Å². The van der Waals surface area contributed by atoms with Crippen LogP contribution in [0.1, 0.15) is 32.0 Å². The maximum Gasteiger partial charge on any atom is 0.204 e. The maximum atomic E-state index is 4.50. The molecule has 1 aliphatic heterocycles. The fraction of sp³-hybridized carbons (Fsp3) is 0.818. The van der Waals surface area contributed by atoms with Gasteiger partial charge in [0.05, 0.1) is 0 Å². The first-order chi connectivity index (χ1) is 7.79. The zero-order valence-corrected chi connectivity index (χ0v) is 10.9. The first-order valence-electron chi connectivity index (χ1n) is 6.06. The highest BCUT2D eigenvalue weighted by molar-refractivity contribution is 7.09. The van der Waals surface area contributed by atoms with Gasteiger partial charge < -0.3 is 10.2 Å². The van der Waals surface area contributed by atoms with Crippen LogP contribution in [-0.2, 0) is 6.42 Å². The summed E-state index contributed by atoms with van der Waals surface area (Å²) in [5, 5.41) is 4.60. The average molecular weight is 240 g/mol. The standard InChI is InChI=1S/C11H20N4S/c1-3-10-13-11(16-14-10)15(2)8-9-6-4-5-7-12-9/h9,12H,3-8H2,1-2H3. The van der Waals surface area contributed by atoms with Gasteiger partial charge in [0.15, 0.2) is 0 Å². The summed E-state index contributed by atoms with van der Waals surface area (Å²) in [6, 6.07) is 0.618. The van der Waals surface area contributed by atoms with Crippen molar-refractivity contribution >= 4 is 16.7 Å². The van der Waals surface area contributed by atoms with E-state index in [4.69, 9.17) is 0 Å². The van der Waals surface area contributed by atoms with E-state index in [1.807, 2.05) is 0 Å². The SMILES string of the molecule is CCc1nsc(N(C)CC2CCCCN2)n1. The number of nitrogens with zero attached hydrogens (tertiary/aromatic N) is 3. The molecule has 0 spiro atoms. The molecule has 5 heteroatoms. The van der Waals surface area contributed by atoms with E-state index in [0.29, 0.717) is 6.04 Å². The monoisotopic (exact) mass is 240 g/mol. The Morgan fingerprint density at radius 1 is 1.50 bits per heavy atom. The molecule has 0 amide bonds. The van der Waals surface area contributed by atoms with Gasteiger partial charge >= 0.3 is 0 Å². The second-order valence-corrected chi connectivity index (χ2v) is 5.10. The fourth-order valence-corrected chi connectivity index (χ4v) is 2.75. The molecule has 1 aliphatic rings. The van der Waals surface area contributed by atoms with E-state index in [2.05, 4.69) is 33.5 Å². The molecular weight excluding hydrogens is 220 g/mol. The van der Waals surface area contributed by atoms with E-state index >= 15 is 0 Å². The zero-order chi connectivity index (χ0) is 11.4. The number of hydrogen-bond acceptors (Lipinski definition) is 5. The van der Waals surface area contributed by atoms with Crippen LogP contribution in [-0.4, -0.2) is 35.5 Å². The van der Waals surface area contributed by atoms with Crippen molar-refractivity contribution in [3.63, 3.8) is 0 Å². The molecule has 1 atom stereocenters. The Hall–Kier alpha value is -0.680. The number of anilines is 1. The highest BCUT2D eigenvalue weighted by Crippen LogP contribution is 2.17. The molecule has 1 unspecified atom stereocenters. The Bertz CT molecular complexity index is 320. The van der Waals surface area contributed by atoms with Gasteiger partial charge in [-0.3, -0.25) is 0 Å². The van der Waals surface area contributed by atoms with E-state index < -0.39 is 0 Å². The second-order valence-electron chi connectivity index (χ2n) is 4.37. The van der Waals surface area contributed by atoms with Crippen molar-refractivity contribution in [2.24, 2.45) is 0 Å². The molecule has 1 fully saturated rings. The molecule has 1 saturated heterocycles. The molecule has 90 valence electrons. The highest BCUT2D eigenvalue weighted by Gasteiger charge is 2.16. The summed E-state index contributed by atoms with van der Waals surface area (Å²) >= 11 is 1.51. The average Bonchev–Trinajstić information content (AvgIpc) is 2.79. The van der Waals surface area contributed by atoms with Crippen LogP contribution in [0.15, 0.2) is 0 Å². The minimum absolute atomic E-state index is 0.618. The minimum Gasteiger partial charge on any atom is -0.348 e. The predicted molar refractivity (Wildman–Crippen MR) is 68.2 cm³/mol. The Kier molecular flexibility index (Phi) is 4.12. The van der Waals surface area contributed by atoms with Crippen molar-refractivity contribution < 1.29 is 0 Å². The largest absolute Gasteiger partial charge is 0.348 e. The van der Waals surface area contributed by atoms with Crippen molar-refractivity contribution in [3.05, 3.63) is 5.82 Å². The summed E-state index contributed by atoms with van der Waals surface area (Å²) in [6.45, 7) is 4.29. The van der Waals surface area contributed by atoms with Crippen LogP contribution in [0.4, 0.5) is 5.13 Å². The Morgan fingerprint density at radius 3 is 3.00 bits per heavy atom. The quantitative estimate of drug-likeness (QED) is 0.869. The molecule has 1 N–H and O–H groups in total. The zero-order valence-electron chi connectivity index (χ0n) is 10.1. The summed E-state index contributed by atoms with van der Waals surface area (Å²) in [4.78, 5) is 6.72. The summed E-state index contributed by atoms with van der Waals surface area (Å²) in [7, 11) is 2.11. The van der Waals surface area contributed by atoms with Gasteiger partial charge in [0.1, 0.15) is 5.82 Å². The van der Waals surface area contributed by atoms with Crippen molar-refractivity contribution in [3.8, 4) is 0 Å². The summed E-state index contributed by atoms with van der Waals surface area (Å²) in [6.07, 6.45) is 4.87. The normalized spacial score (nSPS) is 21.0. The molecule has 16 heavy (non-hydrogen) atoms. The van der Waals surface area contributed by atoms with Crippen LogP contribution in [0.2, 0.25) is 0 Å². The number of aromatic nitrogens is 2. The number of likely N-dealkylation sites (N-methyl/N-ethyl adjacent to an activating group) is 1. The van der Waals surface area contributed by atoms with Crippen LogP contribution in [0.25, 0.3) is 0 Å². The van der Waals surface area contributed by atoms with Gasteiger partial charge in [0.2, 0.25) is 5.13 Å². The van der Waals surface area contributed by atoms with Crippen molar-refractivity contribution in [1.29, 1.82) is 0 Å². The minimum atomic E-state index is 0.618. The molecule has 0 radical (unpaired) electrons. The van der Waals surface area contributed by atoms with Gasteiger partial charge in [-0.05, 0) is 19.4 Å². The molecule has 0 aliphatic carbocycles. The van der Waals surface area contributed by atoms with Crippen LogP contribution >= 0.6 is 11.5 Å². The van der Waals surface area contributed by atoms with Gasteiger partial charge in [0, 0.05) is 37.6 Å².